The zero-order valence-electron chi connectivity index (χ0n) is 41.2. The summed E-state index contributed by atoms with van der Waals surface area (Å²) in [6, 6.07) is 77.7. The summed E-state index contributed by atoms with van der Waals surface area (Å²) in [5, 5.41) is 2.38. The minimum atomic E-state index is -0.573. The Morgan fingerprint density at radius 2 is 1.07 bits per heavy atom. The first-order valence-corrected chi connectivity index (χ1v) is 24.6. The average Bonchev–Trinajstić information content (AvgIpc) is 3.90. The number of aromatic nitrogens is 1. The van der Waals surface area contributed by atoms with Gasteiger partial charge >= 0.3 is 0 Å². The lowest BCUT2D eigenvalue weighted by Gasteiger charge is -2.35. The molecule has 0 atom stereocenters. The number of hydrogen-bond donors (Lipinski definition) is 0. The second-order valence-electron chi connectivity index (χ2n) is 17.7. The van der Waals surface area contributed by atoms with Crippen LogP contribution in [0.3, 0.4) is 0 Å². The van der Waals surface area contributed by atoms with Crippen LogP contribution in [0.15, 0.2) is 232 Å². The van der Waals surface area contributed by atoms with Gasteiger partial charge in [-0.3, -0.25) is 0 Å². The molecule has 0 amide bonds. The predicted octanol–water partition coefficient (Wildman–Crippen LogP) is 18.5. The number of methoxy groups -OCH3 is 1. The summed E-state index contributed by atoms with van der Waals surface area (Å²) in [5.41, 5.74) is 20.4. The van der Waals surface area contributed by atoms with E-state index in [2.05, 4.69) is 249 Å². The van der Waals surface area contributed by atoms with E-state index in [1.165, 1.54) is 60.8 Å². The van der Waals surface area contributed by atoms with E-state index in [-0.39, 0.29) is 0 Å². The fourth-order valence-electron chi connectivity index (χ4n) is 10.9. The quantitative estimate of drug-likeness (QED) is 0.121. The molecule has 0 unspecified atom stereocenters. The van der Waals surface area contributed by atoms with E-state index in [1.807, 2.05) is 38.1 Å². The summed E-state index contributed by atoms with van der Waals surface area (Å²) in [7, 11) is 1.71. The van der Waals surface area contributed by atoms with Crippen molar-refractivity contribution in [3.8, 4) is 44.8 Å². The lowest BCUT2D eigenvalue weighted by Crippen LogP contribution is -2.28. The molecule has 0 N–H and O–H groups in total. The molecule has 10 aromatic rings. The Labute approximate surface area is 419 Å². The zero-order chi connectivity index (χ0) is 49.1. The van der Waals surface area contributed by atoms with Crippen molar-refractivity contribution in [1.29, 1.82) is 0 Å². The van der Waals surface area contributed by atoms with Crippen molar-refractivity contribution in [2.75, 3.05) is 12.0 Å². The highest BCUT2D eigenvalue weighted by Crippen LogP contribution is 2.57. The molecular formula is C68H58N2O. The van der Waals surface area contributed by atoms with Crippen LogP contribution in [0.4, 0.5) is 17.1 Å². The highest BCUT2D eigenvalue weighted by atomic mass is 16.5. The fraction of sp³-hybridized carbons (Fsp3) is 0.0882. The third-order valence-electron chi connectivity index (χ3n) is 14.1. The largest absolute Gasteiger partial charge is 0.497 e. The van der Waals surface area contributed by atoms with Crippen molar-refractivity contribution >= 4 is 46.1 Å². The highest BCUT2D eigenvalue weighted by molar-refractivity contribution is 5.99. The molecule has 0 fully saturated rings. The fourth-order valence-corrected chi connectivity index (χ4v) is 10.9. The number of rotatable bonds is 12. The van der Waals surface area contributed by atoms with Crippen LogP contribution in [0.1, 0.15) is 65.5 Å². The van der Waals surface area contributed by atoms with Crippen LogP contribution in [-0.2, 0) is 5.41 Å². The SMILES string of the molecule is C=Cc1c(C)c(/C=C\C)n(-c2ccc(-c3ccc(-c4cccc(C5(c6ccc(N(c7ccc(OC)cc7)c7cccc8ccccc78)cc6)c6ccccc6-c6ccccc65)c4)cc3)cc2)c1C=C.CC. The van der Waals surface area contributed by atoms with Gasteiger partial charge in [-0.05, 0) is 153 Å². The van der Waals surface area contributed by atoms with Gasteiger partial charge in [-0.25, -0.2) is 0 Å². The van der Waals surface area contributed by atoms with Crippen LogP contribution >= 0.6 is 0 Å². The van der Waals surface area contributed by atoms with Crippen molar-refractivity contribution < 1.29 is 4.74 Å². The van der Waals surface area contributed by atoms with Gasteiger partial charge in [-0.15, -0.1) is 0 Å². The molecule has 11 rings (SSSR count). The minimum Gasteiger partial charge on any atom is -0.497 e. The molecule has 1 aromatic heterocycles. The van der Waals surface area contributed by atoms with Crippen LogP contribution in [0.2, 0.25) is 0 Å². The maximum absolute atomic E-state index is 5.59. The number of fused-ring (bicyclic) bond motifs is 4. The number of nitrogens with zero attached hydrogens (tertiary/aromatic N) is 2. The monoisotopic (exact) mass is 918 g/mol. The highest BCUT2D eigenvalue weighted by Gasteiger charge is 2.46. The Hall–Kier alpha value is -8.66. The Bertz CT molecular complexity index is 3520. The third kappa shape index (κ3) is 7.90. The van der Waals surface area contributed by atoms with E-state index < -0.39 is 5.41 Å². The normalized spacial score (nSPS) is 12.2. The molecule has 9 aromatic carbocycles. The number of ether oxygens (including phenoxy) is 1. The first-order chi connectivity index (χ1) is 35.0. The molecular weight excluding hydrogens is 861 g/mol. The van der Waals surface area contributed by atoms with E-state index >= 15 is 0 Å². The Morgan fingerprint density at radius 3 is 1.68 bits per heavy atom. The lowest BCUT2D eigenvalue weighted by molar-refractivity contribution is 0.415. The van der Waals surface area contributed by atoms with Crippen molar-refractivity contribution in [1.82, 2.24) is 4.57 Å². The van der Waals surface area contributed by atoms with E-state index in [0.717, 1.165) is 56.6 Å². The summed E-state index contributed by atoms with van der Waals surface area (Å²) in [6.07, 6.45) is 8.09. The predicted molar refractivity (Wildman–Crippen MR) is 304 cm³/mol. The maximum Gasteiger partial charge on any atom is 0.119 e. The summed E-state index contributed by atoms with van der Waals surface area (Å²) in [6.45, 7) is 16.4. The van der Waals surface area contributed by atoms with E-state index in [4.69, 9.17) is 4.74 Å². The molecule has 346 valence electrons. The van der Waals surface area contributed by atoms with Crippen molar-refractivity contribution in [2.45, 2.75) is 33.1 Å². The molecule has 3 heteroatoms. The number of hydrogen-bond acceptors (Lipinski definition) is 2. The number of anilines is 3. The maximum atomic E-state index is 5.59. The van der Waals surface area contributed by atoms with Gasteiger partial charge in [0.1, 0.15) is 5.75 Å². The van der Waals surface area contributed by atoms with Crippen LogP contribution in [-0.4, -0.2) is 11.7 Å². The molecule has 1 aliphatic rings. The van der Waals surface area contributed by atoms with E-state index in [9.17, 15) is 0 Å². The molecule has 3 nitrogen and oxygen atoms in total. The molecule has 71 heavy (non-hydrogen) atoms. The second-order valence-corrected chi connectivity index (χ2v) is 17.7. The Kier molecular flexibility index (Phi) is 12.8. The lowest BCUT2D eigenvalue weighted by atomic mass is 9.67. The van der Waals surface area contributed by atoms with Gasteiger partial charge in [0.2, 0.25) is 0 Å². The minimum absolute atomic E-state index is 0.573. The van der Waals surface area contributed by atoms with Crippen LogP contribution in [0, 0.1) is 6.92 Å². The van der Waals surface area contributed by atoms with Crippen LogP contribution < -0.4 is 9.64 Å². The molecule has 1 aliphatic carbocycles. The summed E-state index contributed by atoms with van der Waals surface area (Å²) in [5.74, 6) is 0.823. The van der Waals surface area contributed by atoms with Gasteiger partial charge in [0.05, 0.1) is 23.9 Å². The van der Waals surface area contributed by atoms with Gasteiger partial charge in [-0.1, -0.05) is 191 Å². The first-order valence-electron chi connectivity index (χ1n) is 24.6. The smallest absolute Gasteiger partial charge is 0.119 e. The van der Waals surface area contributed by atoms with Crippen molar-refractivity contribution in [3.63, 3.8) is 0 Å². The molecule has 0 bridgehead atoms. The van der Waals surface area contributed by atoms with E-state index in [1.54, 1.807) is 7.11 Å². The molecule has 0 saturated carbocycles. The van der Waals surface area contributed by atoms with E-state index in [0.29, 0.717) is 0 Å². The van der Waals surface area contributed by atoms with Gasteiger partial charge in [0.15, 0.2) is 0 Å². The molecule has 0 radical (unpaired) electrons. The second kappa shape index (κ2) is 19.7. The van der Waals surface area contributed by atoms with Crippen molar-refractivity contribution in [2.24, 2.45) is 0 Å². The zero-order valence-corrected chi connectivity index (χ0v) is 41.2. The number of allylic oxidation sites excluding steroid dienone is 1. The Balaban J connectivity index is 0.00000287. The summed E-state index contributed by atoms with van der Waals surface area (Å²) < 4.78 is 7.85. The summed E-state index contributed by atoms with van der Waals surface area (Å²) >= 11 is 0. The number of benzene rings is 9. The van der Waals surface area contributed by atoms with Gasteiger partial charge in [0.25, 0.3) is 0 Å². The molecule has 1 heterocycles. The summed E-state index contributed by atoms with van der Waals surface area (Å²) in [4.78, 5) is 2.36. The topological polar surface area (TPSA) is 17.4 Å². The first kappa shape index (κ1) is 46.1. The molecule has 0 saturated heterocycles. The van der Waals surface area contributed by atoms with Crippen molar-refractivity contribution in [3.05, 3.63) is 276 Å². The Morgan fingerprint density at radius 1 is 0.521 bits per heavy atom. The molecule has 0 aliphatic heterocycles. The average molecular weight is 919 g/mol. The standard InChI is InChI=1S/C66H52N2O.C2H6/c1-6-17-64-45(4)57(7-2)63(8-3)68(64)55-36-32-47(33-37-55)46-28-30-48(31-29-46)50-20-15-21-52(44-50)66(61-25-13-11-23-59(61)60-24-12-14-26-62(60)66)51-34-38-53(39-35-51)67(54-40-42-56(69-5)43-41-54)65-27-16-19-49-18-9-10-22-58(49)65;1-2/h6-44H,2-3H2,1,4-5H3;1-2H3/b17-6-;. The third-order valence-corrected chi connectivity index (χ3v) is 14.1. The van der Waals surface area contributed by atoms with Crippen LogP contribution in [0.25, 0.3) is 68.1 Å². The molecule has 0 spiro atoms. The van der Waals surface area contributed by atoms with Gasteiger partial charge in [-0.2, -0.15) is 0 Å². The van der Waals surface area contributed by atoms with Gasteiger partial charge in [0, 0.05) is 33.7 Å². The van der Waals surface area contributed by atoms with Crippen LogP contribution in [0.5, 0.6) is 5.75 Å². The van der Waals surface area contributed by atoms with Gasteiger partial charge < -0.3 is 14.2 Å².